The normalized spacial score (nSPS) is 17.7. The van der Waals surface area contributed by atoms with Crippen molar-refractivity contribution in [2.24, 2.45) is 0 Å². The molecule has 0 spiro atoms. The second-order valence-corrected chi connectivity index (χ2v) is 8.39. The van der Waals surface area contributed by atoms with Crippen LogP contribution < -0.4 is 5.43 Å². The summed E-state index contributed by atoms with van der Waals surface area (Å²) in [7, 11) is 0. The van der Waals surface area contributed by atoms with Gasteiger partial charge < -0.3 is 0 Å². The fourth-order valence-electron chi connectivity index (χ4n) is 3.30. The zero-order valence-corrected chi connectivity index (χ0v) is 18.0. The number of hydrogen-bond donors (Lipinski definition) is 1. The van der Waals surface area contributed by atoms with Crippen molar-refractivity contribution in [1.29, 1.82) is 0 Å². The Balaban J connectivity index is 1.65. The van der Waals surface area contributed by atoms with E-state index in [4.69, 9.17) is 0 Å². The highest BCUT2D eigenvalue weighted by atomic mass is 32.2. The number of aromatic nitrogens is 1. The van der Waals surface area contributed by atoms with E-state index in [1.165, 1.54) is 23.0 Å². The average molecular weight is 428 g/mol. The molecule has 1 aliphatic rings. The summed E-state index contributed by atoms with van der Waals surface area (Å²) < 4.78 is 0. The second kappa shape index (κ2) is 9.07. The van der Waals surface area contributed by atoms with Crippen LogP contribution in [0.4, 0.5) is 0 Å². The lowest BCUT2D eigenvalue weighted by Gasteiger charge is -2.25. The van der Waals surface area contributed by atoms with Crippen LogP contribution in [0.5, 0.6) is 0 Å². The van der Waals surface area contributed by atoms with Gasteiger partial charge >= 0.3 is 0 Å². The van der Waals surface area contributed by atoms with E-state index in [1.54, 1.807) is 18.3 Å². The maximum atomic E-state index is 13.2. The van der Waals surface area contributed by atoms with Gasteiger partial charge in [0.1, 0.15) is 10.6 Å². The second-order valence-electron chi connectivity index (χ2n) is 7.20. The average Bonchev–Trinajstić information content (AvgIpc) is 3.09. The van der Waals surface area contributed by atoms with E-state index in [0.717, 1.165) is 22.3 Å². The number of pyridine rings is 1. The van der Waals surface area contributed by atoms with Crippen LogP contribution in [0.1, 0.15) is 38.0 Å². The molecule has 0 radical (unpaired) electrons. The highest BCUT2D eigenvalue weighted by molar-refractivity contribution is 8.01. The van der Waals surface area contributed by atoms with Gasteiger partial charge in [0.2, 0.25) is 0 Å². The summed E-state index contributed by atoms with van der Waals surface area (Å²) in [6, 6.07) is 19.0. The molecule has 3 aromatic rings. The maximum Gasteiger partial charge on any atom is 0.271 e. The summed E-state index contributed by atoms with van der Waals surface area (Å²) in [4.78, 5) is 30.0. The number of carbonyl (C=O) groups excluding carboxylic acids is 2. The molecule has 4 rings (SSSR count). The summed E-state index contributed by atoms with van der Waals surface area (Å²) in [6.07, 6.45) is 3.07. The van der Waals surface area contributed by atoms with Gasteiger partial charge in [-0.1, -0.05) is 54.3 Å². The SMILES string of the molecule is Cc1ccccc1C#CC1SC(c2ccccc2C)N(NC(=O)c2cccnc2)C1=O. The fraction of sp³-hybridized carbons (Fsp3) is 0.160. The fourth-order valence-corrected chi connectivity index (χ4v) is 4.61. The van der Waals surface area contributed by atoms with Gasteiger partial charge in [-0.05, 0) is 48.7 Å². The van der Waals surface area contributed by atoms with Gasteiger partial charge in [-0.3, -0.25) is 20.0 Å². The van der Waals surface area contributed by atoms with Gasteiger partial charge in [0.15, 0.2) is 0 Å². The minimum absolute atomic E-state index is 0.239. The first-order chi connectivity index (χ1) is 15.0. The van der Waals surface area contributed by atoms with Crippen LogP contribution in [-0.2, 0) is 4.79 Å². The molecule has 31 heavy (non-hydrogen) atoms. The van der Waals surface area contributed by atoms with Crippen LogP contribution in [0.2, 0.25) is 0 Å². The number of amides is 2. The molecule has 0 saturated carbocycles. The van der Waals surface area contributed by atoms with E-state index in [-0.39, 0.29) is 17.2 Å². The van der Waals surface area contributed by atoms with Crippen molar-refractivity contribution in [2.75, 3.05) is 0 Å². The summed E-state index contributed by atoms with van der Waals surface area (Å²) in [5.74, 6) is 5.62. The molecule has 154 valence electrons. The standard InChI is InChI=1S/C25H21N3O2S/c1-17-8-3-5-10-19(17)13-14-22-24(30)28(27-23(29)20-11-7-15-26-16-20)25(31-22)21-12-6-4-9-18(21)2/h3-12,15-16,22,25H,1-2H3,(H,27,29). The van der Waals surface area contributed by atoms with E-state index in [0.29, 0.717) is 5.56 Å². The highest BCUT2D eigenvalue weighted by Gasteiger charge is 2.42. The van der Waals surface area contributed by atoms with Crippen molar-refractivity contribution in [2.45, 2.75) is 24.5 Å². The molecule has 2 amide bonds. The zero-order valence-electron chi connectivity index (χ0n) is 17.2. The summed E-state index contributed by atoms with van der Waals surface area (Å²) >= 11 is 1.43. The molecule has 2 unspecified atom stereocenters. The first-order valence-corrected chi connectivity index (χ1v) is 10.8. The summed E-state index contributed by atoms with van der Waals surface area (Å²) in [5, 5.41) is 0.448. The number of carbonyl (C=O) groups is 2. The number of benzene rings is 2. The van der Waals surface area contributed by atoms with Crippen molar-refractivity contribution in [3.63, 3.8) is 0 Å². The number of hydrogen-bond acceptors (Lipinski definition) is 4. The molecule has 1 saturated heterocycles. The molecule has 2 atom stereocenters. The van der Waals surface area contributed by atoms with Crippen LogP contribution in [0, 0.1) is 25.7 Å². The molecule has 1 N–H and O–H groups in total. The maximum absolute atomic E-state index is 13.2. The monoisotopic (exact) mass is 427 g/mol. The molecule has 2 aromatic carbocycles. The van der Waals surface area contributed by atoms with Crippen LogP contribution in [-0.4, -0.2) is 27.1 Å². The number of aryl methyl sites for hydroxylation is 2. The lowest BCUT2D eigenvalue weighted by atomic mass is 10.1. The highest BCUT2D eigenvalue weighted by Crippen LogP contribution is 2.42. The van der Waals surface area contributed by atoms with Gasteiger partial charge in [0.25, 0.3) is 11.8 Å². The smallest absolute Gasteiger partial charge is 0.271 e. The van der Waals surface area contributed by atoms with Crippen LogP contribution >= 0.6 is 11.8 Å². The van der Waals surface area contributed by atoms with Gasteiger partial charge in [-0.15, -0.1) is 11.8 Å². The molecule has 5 nitrogen and oxygen atoms in total. The van der Waals surface area contributed by atoms with Crippen molar-refractivity contribution < 1.29 is 9.59 Å². The number of hydrazine groups is 1. The number of nitrogens with one attached hydrogen (secondary N) is 1. The predicted octanol–water partition coefficient (Wildman–Crippen LogP) is 4.04. The Kier molecular flexibility index (Phi) is 6.06. The third kappa shape index (κ3) is 4.47. The zero-order chi connectivity index (χ0) is 21.8. The van der Waals surface area contributed by atoms with Crippen LogP contribution in [0.3, 0.4) is 0 Å². The molecule has 0 aliphatic carbocycles. The van der Waals surface area contributed by atoms with Crippen molar-refractivity contribution >= 4 is 23.6 Å². The van der Waals surface area contributed by atoms with E-state index in [2.05, 4.69) is 22.3 Å². The lowest BCUT2D eigenvalue weighted by molar-refractivity contribution is -0.131. The molecule has 1 aliphatic heterocycles. The Hall–Kier alpha value is -3.56. The predicted molar refractivity (Wildman–Crippen MR) is 122 cm³/mol. The van der Waals surface area contributed by atoms with Gasteiger partial charge in [0, 0.05) is 18.0 Å². The Morgan fingerprint density at radius 2 is 1.77 bits per heavy atom. The molecular formula is C25H21N3O2S. The van der Waals surface area contributed by atoms with E-state index < -0.39 is 5.25 Å². The Labute approximate surface area is 185 Å². The summed E-state index contributed by atoms with van der Waals surface area (Å²) in [5.41, 5.74) is 7.12. The van der Waals surface area contributed by atoms with Crippen LogP contribution in [0.25, 0.3) is 0 Å². The minimum atomic E-state index is -0.585. The van der Waals surface area contributed by atoms with Crippen molar-refractivity contribution in [3.8, 4) is 11.8 Å². The summed E-state index contributed by atoms with van der Waals surface area (Å²) in [6.45, 7) is 3.98. The quantitative estimate of drug-likeness (QED) is 0.641. The lowest BCUT2D eigenvalue weighted by Crippen LogP contribution is -2.45. The first kappa shape index (κ1) is 20.7. The first-order valence-electron chi connectivity index (χ1n) is 9.87. The van der Waals surface area contributed by atoms with Crippen LogP contribution in [0.15, 0.2) is 73.1 Å². The molecule has 2 heterocycles. The topological polar surface area (TPSA) is 62.3 Å². The van der Waals surface area contributed by atoms with Gasteiger partial charge in [-0.25, -0.2) is 5.01 Å². The number of nitrogens with zero attached hydrogens (tertiary/aromatic N) is 2. The van der Waals surface area contributed by atoms with Crippen molar-refractivity contribution in [1.82, 2.24) is 15.4 Å². The third-order valence-electron chi connectivity index (χ3n) is 5.04. The Morgan fingerprint density at radius 3 is 2.48 bits per heavy atom. The number of thioether (sulfide) groups is 1. The van der Waals surface area contributed by atoms with Gasteiger partial charge in [-0.2, -0.15) is 0 Å². The van der Waals surface area contributed by atoms with Crippen molar-refractivity contribution in [3.05, 3.63) is 101 Å². The van der Waals surface area contributed by atoms with Gasteiger partial charge in [0.05, 0.1) is 5.56 Å². The van der Waals surface area contributed by atoms with E-state index in [9.17, 15) is 9.59 Å². The van der Waals surface area contributed by atoms with E-state index >= 15 is 0 Å². The number of rotatable bonds is 3. The molecule has 1 fully saturated rings. The largest absolute Gasteiger partial charge is 0.271 e. The minimum Gasteiger partial charge on any atom is -0.271 e. The molecule has 0 bridgehead atoms. The Morgan fingerprint density at radius 1 is 1.03 bits per heavy atom. The third-order valence-corrected chi connectivity index (χ3v) is 6.36. The van der Waals surface area contributed by atoms with E-state index in [1.807, 2.05) is 62.4 Å². The molecule has 6 heteroatoms. The molecular weight excluding hydrogens is 406 g/mol. The Bertz CT molecular complexity index is 1180. The molecule has 1 aromatic heterocycles.